The van der Waals surface area contributed by atoms with Crippen LogP contribution >= 0.6 is 15.9 Å². The van der Waals surface area contributed by atoms with Crippen LogP contribution in [0, 0.1) is 5.41 Å². The van der Waals surface area contributed by atoms with E-state index in [2.05, 4.69) is 26.2 Å². The average Bonchev–Trinajstić information content (AvgIpc) is 2.31. The molecule has 1 atom stereocenters. The van der Waals surface area contributed by atoms with Gasteiger partial charge in [-0.05, 0) is 41.4 Å². The molecule has 0 spiro atoms. The highest BCUT2D eigenvalue weighted by molar-refractivity contribution is 9.10. The van der Waals surface area contributed by atoms with Gasteiger partial charge in [-0.15, -0.1) is 0 Å². The van der Waals surface area contributed by atoms with Crippen LogP contribution in [-0.2, 0) is 4.79 Å². The van der Waals surface area contributed by atoms with Crippen molar-refractivity contribution in [3.8, 4) is 0 Å². The number of nitrogens with one attached hydrogen (secondary N) is 1. The van der Waals surface area contributed by atoms with E-state index >= 15 is 0 Å². The minimum Gasteiger partial charge on any atom is -0.329 e. The van der Waals surface area contributed by atoms with Gasteiger partial charge in [0.15, 0.2) is 0 Å². The molecule has 1 aromatic rings. The minimum absolute atomic E-state index is 0.100. The summed E-state index contributed by atoms with van der Waals surface area (Å²) in [5.41, 5.74) is 5.07. The molecule has 4 nitrogen and oxygen atoms in total. The number of amides is 1. The summed E-state index contributed by atoms with van der Waals surface area (Å²) >= 11 is 3.33. The monoisotopic (exact) mass is 285 g/mol. The fraction of sp³-hybridized carbons (Fsp3) is 0.455. The molecular weight excluding hydrogens is 270 g/mol. The zero-order valence-electron chi connectivity index (χ0n) is 9.46. The fourth-order valence-corrected chi connectivity index (χ4v) is 1.49. The molecule has 1 unspecified atom stereocenters. The lowest BCUT2D eigenvalue weighted by atomic mass is 9.87. The second-order valence-electron chi connectivity index (χ2n) is 3.91. The number of carbonyl (C=O) groups is 1. The standard InChI is InChI=1S/C11H16BrN3O/c1-3-11(2,7-13)10(16)15-9-8(12)5-4-6-14-9/h4-6H,3,7,13H2,1-2H3,(H,14,15,16). The maximum Gasteiger partial charge on any atom is 0.232 e. The molecule has 0 aliphatic carbocycles. The fourth-order valence-electron chi connectivity index (χ4n) is 1.13. The zero-order chi connectivity index (χ0) is 12.2. The first-order valence-electron chi connectivity index (χ1n) is 5.15. The van der Waals surface area contributed by atoms with Gasteiger partial charge in [-0.1, -0.05) is 6.92 Å². The van der Waals surface area contributed by atoms with E-state index in [4.69, 9.17) is 5.73 Å². The number of hydrogen-bond donors (Lipinski definition) is 2. The summed E-state index contributed by atoms with van der Waals surface area (Å²) in [6.07, 6.45) is 2.33. The lowest BCUT2D eigenvalue weighted by Crippen LogP contribution is -2.39. The summed E-state index contributed by atoms with van der Waals surface area (Å²) < 4.78 is 0.763. The summed E-state index contributed by atoms with van der Waals surface area (Å²) in [5, 5.41) is 2.78. The molecule has 5 heteroatoms. The lowest BCUT2D eigenvalue weighted by Gasteiger charge is -2.24. The van der Waals surface area contributed by atoms with Gasteiger partial charge in [0.05, 0.1) is 9.89 Å². The molecule has 0 saturated heterocycles. The number of pyridine rings is 1. The molecule has 1 aromatic heterocycles. The van der Waals surface area contributed by atoms with Gasteiger partial charge >= 0.3 is 0 Å². The second kappa shape index (κ2) is 5.41. The Balaban J connectivity index is 2.83. The highest BCUT2D eigenvalue weighted by Crippen LogP contribution is 2.24. The summed E-state index contributed by atoms with van der Waals surface area (Å²) in [5.74, 6) is 0.428. The summed E-state index contributed by atoms with van der Waals surface area (Å²) in [4.78, 5) is 16.1. The Morgan fingerprint density at radius 3 is 2.88 bits per heavy atom. The van der Waals surface area contributed by atoms with Gasteiger partial charge in [-0.2, -0.15) is 0 Å². The van der Waals surface area contributed by atoms with E-state index in [9.17, 15) is 4.79 Å². The van der Waals surface area contributed by atoms with Gasteiger partial charge in [0.2, 0.25) is 5.91 Å². The molecule has 88 valence electrons. The smallest absolute Gasteiger partial charge is 0.232 e. The molecule has 0 aromatic carbocycles. The molecule has 0 aliphatic rings. The van der Waals surface area contributed by atoms with Crippen LogP contribution in [0.2, 0.25) is 0 Å². The quantitative estimate of drug-likeness (QED) is 0.891. The topological polar surface area (TPSA) is 68.0 Å². The SMILES string of the molecule is CCC(C)(CN)C(=O)Nc1ncccc1Br. The predicted octanol–water partition coefficient (Wildman–Crippen LogP) is 2.16. The second-order valence-corrected chi connectivity index (χ2v) is 4.76. The Kier molecular flexibility index (Phi) is 4.44. The molecular formula is C11H16BrN3O. The minimum atomic E-state index is -0.545. The van der Waals surface area contributed by atoms with Crippen molar-refractivity contribution in [2.75, 3.05) is 11.9 Å². The number of nitrogens with two attached hydrogens (primary N) is 1. The Bertz CT molecular complexity index is 377. The molecule has 0 bridgehead atoms. The third-order valence-corrected chi connectivity index (χ3v) is 3.41. The van der Waals surface area contributed by atoms with Crippen LogP contribution in [0.3, 0.4) is 0 Å². The number of rotatable bonds is 4. The number of halogens is 1. The molecule has 0 fully saturated rings. The molecule has 0 aliphatic heterocycles. The van der Waals surface area contributed by atoms with E-state index < -0.39 is 5.41 Å². The number of aromatic nitrogens is 1. The first kappa shape index (κ1) is 13.1. The molecule has 0 saturated carbocycles. The van der Waals surface area contributed by atoms with Crippen LogP contribution < -0.4 is 11.1 Å². The van der Waals surface area contributed by atoms with Gasteiger partial charge in [0.1, 0.15) is 5.82 Å². The van der Waals surface area contributed by atoms with E-state index in [-0.39, 0.29) is 5.91 Å². The Labute approximate surface area is 104 Å². The normalized spacial score (nSPS) is 14.2. The van der Waals surface area contributed by atoms with Crippen molar-refractivity contribution >= 4 is 27.7 Å². The highest BCUT2D eigenvalue weighted by atomic mass is 79.9. The first-order chi connectivity index (χ1) is 7.53. The van der Waals surface area contributed by atoms with Crippen LogP contribution in [0.15, 0.2) is 22.8 Å². The summed E-state index contributed by atoms with van der Waals surface area (Å²) in [7, 11) is 0. The molecule has 1 rings (SSSR count). The zero-order valence-corrected chi connectivity index (χ0v) is 11.0. The maximum atomic E-state index is 12.0. The summed E-state index contributed by atoms with van der Waals surface area (Å²) in [6.45, 7) is 4.11. The molecule has 16 heavy (non-hydrogen) atoms. The van der Waals surface area contributed by atoms with Crippen molar-refractivity contribution in [1.29, 1.82) is 0 Å². The highest BCUT2D eigenvalue weighted by Gasteiger charge is 2.30. The van der Waals surface area contributed by atoms with E-state index in [0.717, 1.165) is 4.47 Å². The Morgan fingerprint density at radius 1 is 1.69 bits per heavy atom. The first-order valence-corrected chi connectivity index (χ1v) is 5.95. The average molecular weight is 286 g/mol. The van der Waals surface area contributed by atoms with Crippen molar-refractivity contribution in [1.82, 2.24) is 4.98 Å². The van der Waals surface area contributed by atoms with Crippen LogP contribution in [0.25, 0.3) is 0 Å². The van der Waals surface area contributed by atoms with Crippen molar-refractivity contribution in [2.24, 2.45) is 11.1 Å². The molecule has 1 amide bonds. The number of hydrogen-bond acceptors (Lipinski definition) is 3. The largest absolute Gasteiger partial charge is 0.329 e. The third kappa shape index (κ3) is 2.80. The van der Waals surface area contributed by atoms with Crippen LogP contribution in [-0.4, -0.2) is 17.4 Å². The van der Waals surface area contributed by atoms with Gasteiger partial charge < -0.3 is 11.1 Å². The van der Waals surface area contributed by atoms with Crippen LogP contribution in [0.1, 0.15) is 20.3 Å². The lowest BCUT2D eigenvalue weighted by molar-refractivity contribution is -0.124. The molecule has 3 N–H and O–H groups in total. The Hall–Kier alpha value is -0.940. The predicted molar refractivity (Wildman–Crippen MR) is 68.0 cm³/mol. The third-order valence-electron chi connectivity index (χ3n) is 2.77. The van der Waals surface area contributed by atoms with Gasteiger partial charge in [-0.3, -0.25) is 4.79 Å². The van der Waals surface area contributed by atoms with E-state index in [1.165, 1.54) is 0 Å². The maximum absolute atomic E-state index is 12.0. The number of nitrogens with zero attached hydrogens (tertiary/aromatic N) is 1. The van der Waals surface area contributed by atoms with Crippen molar-refractivity contribution in [3.05, 3.63) is 22.8 Å². The van der Waals surface area contributed by atoms with Gasteiger partial charge in [0.25, 0.3) is 0 Å². The van der Waals surface area contributed by atoms with Crippen LogP contribution in [0.5, 0.6) is 0 Å². The summed E-state index contributed by atoms with van der Waals surface area (Å²) in [6, 6.07) is 3.62. The Morgan fingerprint density at radius 2 is 2.38 bits per heavy atom. The van der Waals surface area contributed by atoms with E-state index in [1.807, 2.05) is 19.9 Å². The van der Waals surface area contributed by atoms with Gasteiger partial charge in [0, 0.05) is 12.7 Å². The molecule has 0 radical (unpaired) electrons. The number of anilines is 1. The van der Waals surface area contributed by atoms with E-state index in [1.54, 1.807) is 12.3 Å². The van der Waals surface area contributed by atoms with Crippen molar-refractivity contribution < 1.29 is 4.79 Å². The van der Waals surface area contributed by atoms with Crippen molar-refractivity contribution in [3.63, 3.8) is 0 Å². The van der Waals surface area contributed by atoms with E-state index in [0.29, 0.717) is 18.8 Å². The molecule has 1 heterocycles. The van der Waals surface area contributed by atoms with Crippen molar-refractivity contribution in [2.45, 2.75) is 20.3 Å². The van der Waals surface area contributed by atoms with Crippen LogP contribution in [0.4, 0.5) is 5.82 Å². The number of carbonyl (C=O) groups excluding carboxylic acids is 1. The van der Waals surface area contributed by atoms with Gasteiger partial charge in [-0.25, -0.2) is 4.98 Å².